The zero-order valence-electron chi connectivity index (χ0n) is 12.5. The van der Waals surface area contributed by atoms with Crippen molar-refractivity contribution in [2.75, 3.05) is 17.3 Å². The van der Waals surface area contributed by atoms with E-state index in [0.717, 1.165) is 42.6 Å². The van der Waals surface area contributed by atoms with Crippen molar-refractivity contribution in [2.45, 2.75) is 45.4 Å². The first-order chi connectivity index (χ1) is 10.2. The number of ketones is 1. The minimum absolute atomic E-state index is 0.135. The standard InChI is InChI=1S/C17H22ClNO2/c1-2-5-17(21)19-11-4-6-13-12-14(8-9-15(13)19)16(20)7-3-10-18/h8-9,12H,2-7,10-11H2,1H3. The summed E-state index contributed by atoms with van der Waals surface area (Å²) in [6.07, 6.45) is 4.53. The van der Waals surface area contributed by atoms with Gasteiger partial charge in [0.1, 0.15) is 0 Å². The van der Waals surface area contributed by atoms with Crippen molar-refractivity contribution in [1.29, 1.82) is 0 Å². The van der Waals surface area contributed by atoms with Gasteiger partial charge in [-0.25, -0.2) is 0 Å². The van der Waals surface area contributed by atoms with E-state index in [4.69, 9.17) is 11.6 Å². The number of halogens is 1. The fourth-order valence-corrected chi connectivity index (χ4v) is 2.88. The molecule has 114 valence electrons. The highest BCUT2D eigenvalue weighted by Gasteiger charge is 2.22. The highest BCUT2D eigenvalue weighted by molar-refractivity contribution is 6.18. The summed E-state index contributed by atoms with van der Waals surface area (Å²) in [5, 5.41) is 0. The summed E-state index contributed by atoms with van der Waals surface area (Å²) >= 11 is 5.64. The Balaban J connectivity index is 2.20. The number of rotatable bonds is 6. The molecule has 1 aliphatic rings. The Labute approximate surface area is 131 Å². The zero-order valence-corrected chi connectivity index (χ0v) is 13.3. The van der Waals surface area contributed by atoms with Crippen LogP contribution in [0.5, 0.6) is 0 Å². The summed E-state index contributed by atoms with van der Waals surface area (Å²) in [5.41, 5.74) is 2.83. The van der Waals surface area contributed by atoms with E-state index in [9.17, 15) is 9.59 Å². The molecule has 1 amide bonds. The Morgan fingerprint density at radius 3 is 2.81 bits per heavy atom. The van der Waals surface area contributed by atoms with Gasteiger partial charge in [-0.2, -0.15) is 0 Å². The molecule has 0 saturated heterocycles. The van der Waals surface area contributed by atoms with Crippen LogP contribution in [0.25, 0.3) is 0 Å². The van der Waals surface area contributed by atoms with E-state index < -0.39 is 0 Å². The second kappa shape index (κ2) is 7.60. The van der Waals surface area contributed by atoms with E-state index >= 15 is 0 Å². The molecule has 0 atom stereocenters. The molecular weight excluding hydrogens is 286 g/mol. The molecule has 0 aliphatic carbocycles. The fourth-order valence-electron chi connectivity index (χ4n) is 2.75. The Bertz CT molecular complexity index is 528. The summed E-state index contributed by atoms with van der Waals surface area (Å²) in [6.45, 7) is 2.80. The average molecular weight is 308 g/mol. The first kappa shape index (κ1) is 16.0. The first-order valence-corrected chi connectivity index (χ1v) is 8.23. The lowest BCUT2D eigenvalue weighted by atomic mass is 9.96. The predicted octanol–water partition coefficient (Wildman–Crippen LogP) is 3.97. The van der Waals surface area contributed by atoms with Crippen LogP contribution in [0.15, 0.2) is 18.2 Å². The molecule has 4 heteroatoms. The number of carbonyl (C=O) groups is 2. The number of hydrogen-bond donors (Lipinski definition) is 0. The number of alkyl halides is 1. The molecule has 0 saturated carbocycles. The van der Waals surface area contributed by atoms with Crippen molar-refractivity contribution < 1.29 is 9.59 Å². The van der Waals surface area contributed by atoms with Crippen molar-refractivity contribution in [3.05, 3.63) is 29.3 Å². The third-order valence-electron chi connectivity index (χ3n) is 3.82. The van der Waals surface area contributed by atoms with Gasteiger partial charge in [-0.3, -0.25) is 9.59 Å². The molecule has 0 N–H and O–H groups in total. The maximum absolute atomic E-state index is 12.2. The number of Topliss-reactive ketones (excluding diaryl/α,β-unsaturated/α-hetero) is 1. The summed E-state index contributed by atoms with van der Waals surface area (Å²) in [7, 11) is 0. The molecule has 1 aliphatic heterocycles. The minimum Gasteiger partial charge on any atom is -0.312 e. The largest absolute Gasteiger partial charge is 0.312 e. The van der Waals surface area contributed by atoms with E-state index in [0.29, 0.717) is 25.1 Å². The van der Waals surface area contributed by atoms with Crippen LogP contribution < -0.4 is 4.90 Å². The molecule has 3 nitrogen and oxygen atoms in total. The van der Waals surface area contributed by atoms with E-state index in [-0.39, 0.29) is 11.7 Å². The second-order valence-electron chi connectivity index (χ2n) is 5.46. The van der Waals surface area contributed by atoms with Gasteiger partial charge in [0.05, 0.1) is 0 Å². The molecule has 1 heterocycles. The van der Waals surface area contributed by atoms with Gasteiger partial charge < -0.3 is 4.90 Å². The van der Waals surface area contributed by atoms with Gasteiger partial charge in [0, 0.05) is 36.5 Å². The molecule has 21 heavy (non-hydrogen) atoms. The lowest BCUT2D eigenvalue weighted by Gasteiger charge is -2.30. The molecule has 1 aromatic carbocycles. The van der Waals surface area contributed by atoms with Crippen LogP contribution in [0.4, 0.5) is 5.69 Å². The molecule has 0 radical (unpaired) electrons. The van der Waals surface area contributed by atoms with Crippen molar-refractivity contribution in [1.82, 2.24) is 0 Å². The first-order valence-electron chi connectivity index (χ1n) is 7.69. The molecule has 0 aromatic heterocycles. The Hall–Kier alpha value is -1.35. The number of aryl methyl sites for hydroxylation is 1. The summed E-state index contributed by atoms with van der Waals surface area (Å²) in [4.78, 5) is 26.1. The number of hydrogen-bond acceptors (Lipinski definition) is 2. The van der Waals surface area contributed by atoms with Crippen LogP contribution in [0.3, 0.4) is 0 Å². The van der Waals surface area contributed by atoms with E-state index in [1.807, 2.05) is 30.0 Å². The third kappa shape index (κ3) is 3.85. The predicted molar refractivity (Wildman–Crippen MR) is 86.3 cm³/mol. The Morgan fingerprint density at radius 2 is 2.10 bits per heavy atom. The highest BCUT2D eigenvalue weighted by atomic mass is 35.5. The summed E-state index contributed by atoms with van der Waals surface area (Å²) < 4.78 is 0. The van der Waals surface area contributed by atoms with Gasteiger partial charge in [-0.1, -0.05) is 6.92 Å². The van der Waals surface area contributed by atoms with Crippen molar-refractivity contribution in [2.24, 2.45) is 0 Å². The number of anilines is 1. The zero-order chi connectivity index (χ0) is 15.2. The Kier molecular flexibility index (Phi) is 5.80. The minimum atomic E-state index is 0.135. The van der Waals surface area contributed by atoms with Crippen LogP contribution in [-0.2, 0) is 11.2 Å². The van der Waals surface area contributed by atoms with Gasteiger partial charge >= 0.3 is 0 Å². The van der Waals surface area contributed by atoms with E-state index in [2.05, 4.69) is 0 Å². The average Bonchev–Trinajstić information content (AvgIpc) is 2.51. The SMILES string of the molecule is CCCC(=O)N1CCCc2cc(C(=O)CCCCl)ccc21. The topological polar surface area (TPSA) is 37.4 Å². The molecule has 0 fully saturated rings. The number of nitrogens with zero attached hydrogens (tertiary/aromatic N) is 1. The maximum Gasteiger partial charge on any atom is 0.226 e. The van der Waals surface area contributed by atoms with Crippen LogP contribution >= 0.6 is 11.6 Å². The number of amides is 1. The summed E-state index contributed by atoms with van der Waals surface area (Å²) in [5.74, 6) is 0.825. The van der Waals surface area contributed by atoms with E-state index in [1.54, 1.807) is 0 Å². The molecule has 0 bridgehead atoms. The lowest BCUT2D eigenvalue weighted by Crippen LogP contribution is -2.35. The fraction of sp³-hybridized carbons (Fsp3) is 0.529. The smallest absolute Gasteiger partial charge is 0.226 e. The quantitative estimate of drug-likeness (QED) is 0.589. The number of benzene rings is 1. The Morgan fingerprint density at radius 1 is 1.29 bits per heavy atom. The van der Waals surface area contributed by atoms with Gasteiger partial charge in [0.2, 0.25) is 5.91 Å². The monoisotopic (exact) mass is 307 g/mol. The molecule has 0 spiro atoms. The molecule has 2 rings (SSSR count). The summed E-state index contributed by atoms with van der Waals surface area (Å²) in [6, 6.07) is 5.72. The van der Waals surface area contributed by atoms with Gasteiger partial charge in [-0.05, 0) is 49.4 Å². The van der Waals surface area contributed by atoms with Crippen LogP contribution in [0.1, 0.15) is 54.9 Å². The second-order valence-corrected chi connectivity index (χ2v) is 5.84. The third-order valence-corrected chi connectivity index (χ3v) is 4.09. The van der Waals surface area contributed by atoms with E-state index in [1.165, 1.54) is 0 Å². The van der Waals surface area contributed by atoms with Gasteiger partial charge in [0.15, 0.2) is 5.78 Å². The maximum atomic E-state index is 12.2. The lowest BCUT2D eigenvalue weighted by molar-refractivity contribution is -0.118. The number of carbonyl (C=O) groups excluding carboxylic acids is 2. The number of fused-ring (bicyclic) bond motifs is 1. The van der Waals surface area contributed by atoms with Gasteiger partial charge in [0.25, 0.3) is 0 Å². The molecule has 1 aromatic rings. The van der Waals surface area contributed by atoms with Crippen LogP contribution in [0.2, 0.25) is 0 Å². The van der Waals surface area contributed by atoms with Crippen molar-refractivity contribution in [3.8, 4) is 0 Å². The van der Waals surface area contributed by atoms with Crippen molar-refractivity contribution in [3.63, 3.8) is 0 Å². The van der Waals surface area contributed by atoms with Gasteiger partial charge in [-0.15, -0.1) is 11.6 Å². The van der Waals surface area contributed by atoms with Crippen molar-refractivity contribution >= 4 is 29.0 Å². The van der Waals surface area contributed by atoms with Crippen LogP contribution in [0, 0.1) is 0 Å². The molecular formula is C17H22ClNO2. The molecule has 0 unspecified atom stereocenters. The highest BCUT2D eigenvalue weighted by Crippen LogP contribution is 2.29. The van der Waals surface area contributed by atoms with Crippen LogP contribution in [-0.4, -0.2) is 24.1 Å². The normalized spacial score (nSPS) is 13.9.